The van der Waals surface area contributed by atoms with E-state index in [1.54, 1.807) is 44.8 Å². The van der Waals surface area contributed by atoms with E-state index in [1.807, 2.05) is 4.90 Å². The number of thiophene rings is 1. The van der Waals surface area contributed by atoms with Crippen molar-refractivity contribution in [3.8, 4) is 17.2 Å². The number of carbonyl (C=O) groups excluding carboxylic acids is 1. The first-order valence-corrected chi connectivity index (χ1v) is 9.23. The number of hydrogen-bond acceptors (Lipinski definition) is 5. The number of rotatable bonds is 5. The molecule has 0 aliphatic carbocycles. The summed E-state index contributed by atoms with van der Waals surface area (Å²) in [4.78, 5) is 14.8. The van der Waals surface area contributed by atoms with Gasteiger partial charge in [-0.15, -0.1) is 0 Å². The molecule has 134 valence electrons. The minimum Gasteiger partial charge on any atom is -0.493 e. The smallest absolute Gasteiger partial charge is 0.254 e. The first kappa shape index (κ1) is 17.6. The van der Waals surface area contributed by atoms with Crippen LogP contribution in [0, 0.1) is 0 Å². The Bertz CT molecular complexity index is 696. The van der Waals surface area contributed by atoms with Crippen molar-refractivity contribution in [2.45, 2.75) is 18.8 Å². The van der Waals surface area contributed by atoms with Gasteiger partial charge >= 0.3 is 0 Å². The fraction of sp³-hybridized carbons (Fsp3) is 0.421. The van der Waals surface area contributed by atoms with Gasteiger partial charge in [0.1, 0.15) is 0 Å². The van der Waals surface area contributed by atoms with E-state index in [4.69, 9.17) is 14.2 Å². The van der Waals surface area contributed by atoms with Gasteiger partial charge in [0.25, 0.3) is 5.91 Å². The predicted octanol–water partition coefficient (Wildman–Crippen LogP) is 3.79. The number of ether oxygens (including phenoxy) is 3. The van der Waals surface area contributed by atoms with Gasteiger partial charge in [0.15, 0.2) is 11.5 Å². The van der Waals surface area contributed by atoms with Crippen molar-refractivity contribution < 1.29 is 19.0 Å². The third kappa shape index (κ3) is 3.58. The number of amides is 1. The van der Waals surface area contributed by atoms with Crippen molar-refractivity contribution in [1.82, 2.24) is 4.90 Å². The van der Waals surface area contributed by atoms with Crippen molar-refractivity contribution in [3.63, 3.8) is 0 Å². The Balaban J connectivity index is 1.75. The number of piperidine rings is 1. The van der Waals surface area contributed by atoms with Crippen LogP contribution in [0.5, 0.6) is 17.2 Å². The monoisotopic (exact) mass is 361 g/mol. The van der Waals surface area contributed by atoms with Gasteiger partial charge in [-0.05, 0) is 53.3 Å². The molecule has 2 aromatic rings. The quantitative estimate of drug-likeness (QED) is 0.813. The van der Waals surface area contributed by atoms with Gasteiger partial charge in [0.05, 0.1) is 21.3 Å². The number of nitrogens with zero attached hydrogens (tertiary/aromatic N) is 1. The number of carbonyl (C=O) groups is 1. The van der Waals surface area contributed by atoms with E-state index in [2.05, 4.69) is 16.8 Å². The highest BCUT2D eigenvalue weighted by molar-refractivity contribution is 7.07. The summed E-state index contributed by atoms with van der Waals surface area (Å²) in [5, 5.41) is 4.32. The molecule has 0 saturated carbocycles. The zero-order valence-corrected chi connectivity index (χ0v) is 15.6. The van der Waals surface area contributed by atoms with Crippen LogP contribution in [-0.2, 0) is 0 Å². The molecule has 1 aromatic heterocycles. The van der Waals surface area contributed by atoms with Crippen LogP contribution in [0.1, 0.15) is 34.7 Å². The lowest BCUT2D eigenvalue weighted by atomic mass is 9.91. The maximum atomic E-state index is 12.9. The SMILES string of the molecule is COc1cc(C(=O)N2CCC(c3ccsc3)CC2)cc(OC)c1OC. The van der Waals surface area contributed by atoms with Gasteiger partial charge in [0.2, 0.25) is 5.75 Å². The highest BCUT2D eigenvalue weighted by Gasteiger charge is 2.26. The van der Waals surface area contributed by atoms with E-state index >= 15 is 0 Å². The lowest BCUT2D eigenvalue weighted by Gasteiger charge is -2.32. The van der Waals surface area contributed by atoms with Crippen LogP contribution in [0.3, 0.4) is 0 Å². The summed E-state index contributed by atoms with van der Waals surface area (Å²) in [7, 11) is 4.66. The summed E-state index contributed by atoms with van der Waals surface area (Å²) < 4.78 is 16.0. The summed E-state index contributed by atoms with van der Waals surface area (Å²) in [6.07, 6.45) is 1.99. The maximum Gasteiger partial charge on any atom is 0.254 e. The van der Waals surface area contributed by atoms with Crippen LogP contribution < -0.4 is 14.2 Å². The third-order valence-electron chi connectivity index (χ3n) is 4.71. The van der Waals surface area contributed by atoms with Crippen LogP contribution in [-0.4, -0.2) is 45.2 Å². The van der Waals surface area contributed by atoms with Crippen LogP contribution in [0.2, 0.25) is 0 Å². The van der Waals surface area contributed by atoms with E-state index in [9.17, 15) is 4.79 Å². The predicted molar refractivity (Wildman–Crippen MR) is 98.3 cm³/mol. The van der Waals surface area contributed by atoms with E-state index < -0.39 is 0 Å². The Morgan fingerprint density at radius 2 is 1.72 bits per heavy atom. The van der Waals surface area contributed by atoms with Gasteiger partial charge in [-0.2, -0.15) is 11.3 Å². The van der Waals surface area contributed by atoms with E-state index in [1.165, 1.54) is 5.56 Å². The molecule has 1 amide bonds. The van der Waals surface area contributed by atoms with Crippen LogP contribution in [0.4, 0.5) is 0 Å². The molecule has 1 aromatic carbocycles. The standard InChI is InChI=1S/C19H23NO4S/c1-22-16-10-15(11-17(23-2)18(16)24-3)19(21)20-7-4-13(5-8-20)14-6-9-25-12-14/h6,9-13H,4-5,7-8H2,1-3H3. The average Bonchev–Trinajstić information content (AvgIpc) is 3.21. The van der Waals surface area contributed by atoms with Gasteiger partial charge in [-0.3, -0.25) is 4.79 Å². The zero-order valence-electron chi connectivity index (χ0n) is 14.8. The molecule has 0 radical (unpaired) electrons. The Morgan fingerprint density at radius 3 is 2.20 bits per heavy atom. The molecule has 0 bridgehead atoms. The van der Waals surface area contributed by atoms with E-state index in [0.717, 1.165) is 25.9 Å². The minimum atomic E-state index is 0.00280. The summed E-state index contributed by atoms with van der Waals surface area (Å²) >= 11 is 1.73. The molecular weight excluding hydrogens is 338 g/mol. The fourth-order valence-electron chi connectivity index (χ4n) is 3.31. The average molecular weight is 361 g/mol. The molecule has 1 aliphatic heterocycles. The number of likely N-dealkylation sites (tertiary alicyclic amines) is 1. The van der Waals surface area contributed by atoms with Crippen molar-refractivity contribution in [3.05, 3.63) is 40.1 Å². The van der Waals surface area contributed by atoms with Gasteiger partial charge in [-0.25, -0.2) is 0 Å². The molecular formula is C19H23NO4S. The lowest BCUT2D eigenvalue weighted by molar-refractivity contribution is 0.0712. The lowest BCUT2D eigenvalue weighted by Crippen LogP contribution is -2.37. The molecule has 5 nitrogen and oxygen atoms in total. The molecule has 1 fully saturated rings. The summed E-state index contributed by atoms with van der Waals surface area (Å²) in [5.74, 6) is 2.05. The molecule has 3 rings (SSSR count). The first-order valence-electron chi connectivity index (χ1n) is 8.29. The normalized spacial score (nSPS) is 15.1. The van der Waals surface area contributed by atoms with Crippen LogP contribution >= 0.6 is 11.3 Å². The number of benzene rings is 1. The van der Waals surface area contributed by atoms with Crippen LogP contribution in [0.25, 0.3) is 0 Å². The largest absolute Gasteiger partial charge is 0.493 e. The van der Waals surface area contributed by atoms with Crippen LogP contribution in [0.15, 0.2) is 29.0 Å². The fourth-order valence-corrected chi connectivity index (χ4v) is 4.05. The highest BCUT2D eigenvalue weighted by Crippen LogP contribution is 2.39. The number of hydrogen-bond donors (Lipinski definition) is 0. The van der Waals surface area contributed by atoms with Gasteiger partial charge < -0.3 is 19.1 Å². The van der Waals surface area contributed by atoms with Gasteiger partial charge in [0, 0.05) is 18.7 Å². The second kappa shape index (κ2) is 7.78. The molecule has 0 spiro atoms. The van der Waals surface area contributed by atoms with E-state index in [0.29, 0.717) is 28.7 Å². The second-order valence-electron chi connectivity index (χ2n) is 6.04. The van der Waals surface area contributed by atoms with Crippen molar-refractivity contribution >= 4 is 17.2 Å². The molecule has 0 unspecified atom stereocenters. The maximum absolute atomic E-state index is 12.9. The molecule has 6 heteroatoms. The molecule has 0 atom stereocenters. The van der Waals surface area contributed by atoms with Crippen molar-refractivity contribution in [1.29, 1.82) is 0 Å². The third-order valence-corrected chi connectivity index (χ3v) is 5.41. The van der Waals surface area contributed by atoms with E-state index in [-0.39, 0.29) is 5.91 Å². The van der Waals surface area contributed by atoms with Gasteiger partial charge in [-0.1, -0.05) is 0 Å². The summed E-state index contributed by atoms with van der Waals surface area (Å²) in [5.41, 5.74) is 1.95. The zero-order chi connectivity index (χ0) is 17.8. The Labute approximate surface area is 152 Å². The van der Waals surface area contributed by atoms with Crippen molar-refractivity contribution in [2.75, 3.05) is 34.4 Å². The Morgan fingerprint density at radius 1 is 1.08 bits per heavy atom. The number of methoxy groups -OCH3 is 3. The first-order chi connectivity index (χ1) is 12.2. The Kier molecular flexibility index (Phi) is 5.48. The molecule has 1 saturated heterocycles. The molecule has 25 heavy (non-hydrogen) atoms. The Hall–Kier alpha value is -2.21. The molecule has 1 aliphatic rings. The summed E-state index contributed by atoms with van der Waals surface area (Å²) in [6.45, 7) is 1.52. The second-order valence-corrected chi connectivity index (χ2v) is 6.82. The van der Waals surface area contributed by atoms with Crippen molar-refractivity contribution in [2.24, 2.45) is 0 Å². The minimum absolute atomic E-state index is 0.00280. The topological polar surface area (TPSA) is 48.0 Å². The summed E-state index contributed by atoms with van der Waals surface area (Å²) in [6, 6.07) is 5.62. The highest BCUT2D eigenvalue weighted by atomic mass is 32.1. The molecule has 0 N–H and O–H groups in total. The molecule has 2 heterocycles.